The summed E-state index contributed by atoms with van der Waals surface area (Å²) in [6.07, 6.45) is 11.0. The van der Waals surface area contributed by atoms with Gasteiger partial charge >= 0.3 is 5.97 Å². The van der Waals surface area contributed by atoms with Crippen LogP contribution < -0.4 is 10.1 Å². The van der Waals surface area contributed by atoms with Gasteiger partial charge in [-0.2, -0.15) is 5.10 Å². The maximum absolute atomic E-state index is 13.4. The molecule has 0 radical (unpaired) electrons. The molecule has 4 aliphatic carbocycles. The molecule has 0 unspecified atom stereocenters. The zero-order valence-corrected chi connectivity index (χ0v) is 22.1. The molecule has 1 aromatic heterocycles. The van der Waals surface area contributed by atoms with Gasteiger partial charge in [0.05, 0.1) is 18.2 Å². The number of carbonyl (C=O) groups excluding carboxylic acids is 2. The van der Waals surface area contributed by atoms with Crippen molar-refractivity contribution in [3.8, 4) is 5.88 Å². The molecular weight excluding hydrogens is 460 g/mol. The minimum Gasteiger partial charge on any atom is -0.480 e. The van der Waals surface area contributed by atoms with Crippen LogP contribution in [0.1, 0.15) is 70.2 Å². The van der Waals surface area contributed by atoms with Crippen molar-refractivity contribution in [2.75, 3.05) is 20.2 Å². The highest BCUT2D eigenvalue weighted by atomic mass is 16.5. The SMILES string of the molecule is CC(C)COc1c(C(=O)NC2C3CC4CC(C3)CC2C4)cnn1C=CC(C)(C)C(=O)N(C)CC(=O)O. The second-order valence-corrected chi connectivity index (χ2v) is 12.0. The van der Waals surface area contributed by atoms with Gasteiger partial charge in [-0.3, -0.25) is 14.4 Å². The quantitative estimate of drug-likeness (QED) is 0.508. The smallest absolute Gasteiger partial charge is 0.323 e. The van der Waals surface area contributed by atoms with Crippen molar-refractivity contribution in [3.63, 3.8) is 0 Å². The highest BCUT2D eigenvalue weighted by molar-refractivity contribution is 5.96. The Bertz CT molecular complexity index is 999. The van der Waals surface area contributed by atoms with Crippen molar-refractivity contribution in [2.45, 2.75) is 65.8 Å². The fourth-order valence-electron chi connectivity index (χ4n) is 6.49. The number of likely N-dealkylation sites (N-methyl/N-ethyl adjacent to an activating group) is 1. The minimum absolute atomic E-state index is 0.164. The van der Waals surface area contributed by atoms with E-state index >= 15 is 0 Å². The Hall–Kier alpha value is -2.84. The molecule has 0 atom stereocenters. The van der Waals surface area contributed by atoms with Gasteiger partial charge in [0.15, 0.2) is 0 Å². The van der Waals surface area contributed by atoms with Gasteiger partial charge in [-0.05, 0) is 75.5 Å². The van der Waals surface area contributed by atoms with E-state index in [0.29, 0.717) is 29.9 Å². The molecule has 9 nitrogen and oxygen atoms in total. The zero-order valence-electron chi connectivity index (χ0n) is 22.1. The van der Waals surface area contributed by atoms with Gasteiger partial charge in [-0.1, -0.05) is 19.9 Å². The first-order valence-electron chi connectivity index (χ1n) is 13.1. The van der Waals surface area contributed by atoms with Crippen LogP contribution in [0.5, 0.6) is 5.88 Å². The summed E-state index contributed by atoms with van der Waals surface area (Å²) >= 11 is 0. The van der Waals surface area contributed by atoms with Gasteiger partial charge < -0.3 is 20.1 Å². The van der Waals surface area contributed by atoms with Gasteiger partial charge in [-0.15, -0.1) is 0 Å². The maximum atomic E-state index is 13.4. The number of carboxylic acid groups (broad SMARTS) is 1. The van der Waals surface area contributed by atoms with Crippen molar-refractivity contribution in [1.82, 2.24) is 20.0 Å². The lowest BCUT2D eigenvalue weighted by Crippen LogP contribution is -2.55. The van der Waals surface area contributed by atoms with E-state index in [4.69, 9.17) is 9.84 Å². The molecular formula is C27H40N4O5. The first-order chi connectivity index (χ1) is 16.9. The molecule has 1 aromatic rings. The van der Waals surface area contributed by atoms with Gasteiger partial charge in [0.2, 0.25) is 11.8 Å². The number of hydrogen-bond acceptors (Lipinski definition) is 5. The van der Waals surface area contributed by atoms with Crippen LogP contribution in [0, 0.1) is 35.0 Å². The molecule has 2 N–H and O–H groups in total. The summed E-state index contributed by atoms with van der Waals surface area (Å²) in [6.45, 7) is 7.53. The average Bonchev–Trinajstić information content (AvgIpc) is 3.20. The summed E-state index contributed by atoms with van der Waals surface area (Å²) in [4.78, 5) is 38.4. The second kappa shape index (κ2) is 10.3. The highest BCUT2D eigenvalue weighted by Crippen LogP contribution is 2.53. The van der Waals surface area contributed by atoms with Gasteiger partial charge in [0.1, 0.15) is 12.1 Å². The molecule has 4 aliphatic rings. The van der Waals surface area contributed by atoms with Crippen molar-refractivity contribution in [2.24, 2.45) is 35.0 Å². The fourth-order valence-corrected chi connectivity index (χ4v) is 6.49. The Morgan fingerprint density at radius 1 is 1.19 bits per heavy atom. The number of nitrogens with one attached hydrogen (secondary N) is 1. The van der Waals surface area contributed by atoms with Crippen molar-refractivity contribution in [3.05, 3.63) is 17.8 Å². The van der Waals surface area contributed by atoms with Gasteiger partial charge in [0.25, 0.3) is 5.91 Å². The summed E-state index contributed by atoms with van der Waals surface area (Å²) in [6, 6.07) is 0.212. The van der Waals surface area contributed by atoms with Crippen LogP contribution in [-0.4, -0.2) is 63.8 Å². The molecule has 9 heteroatoms. The van der Waals surface area contributed by atoms with Crippen LogP contribution in [0.15, 0.2) is 12.3 Å². The molecule has 4 saturated carbocycles. The minimum atomic E-state index is -1.07. The van der Waals surface area contributed by atoms with Gasteiger partial charge in [-0.25, -0.2) is 4.68 Å². The predicted octanol–water partition coefficient (Wildman–Crippen LogP) is 3.51. The second-order valence-electron chi connectivity index (χ2n) is 12.0. The molecule has 4 fully saturated rings. The summed E-state index contributed by atoms with van der Waals surface area (Å²) in [5, 5.41) is 16.7. The van der Waals surface area contributed by atoms with E-state index in [2.05, 4.69) is 10.4 Å². The summed E-state index contributed by atoms with van der Waals surface area (Å²) in [7, 11) is 1.46. The Labute approximate surface area is 213 Å². The Morgan fingerprint density at radius 2 is 1.81 bits per heavy atom. The number of carbonyl (C=O) groups is 3. The van der Waals surface area contributed by atoms with E-state index in [1.807, 2.05) is 13.8 Å². The topological polar surface area (TPSA) is 114 Å². The molecule has 1 heterocycles. The largest absolute Gasteiger partial charge is 0.480 e. The summed E-state index contributed by atoms with van der Waals surface area (Å²) < 4.78 is 7.53. The number of rotatable bonds is 10. The molecule has 0 saturated heterocycles. The molecule has 0 aliphatic heterocycles. The predicted molar refractivity (Wildman–Crippen MR) is 135 cm³/mol. The molecule has 4 bridgehead atoms. The number of carboxylic acids is 1. The Kier molecular flexibility index (Phi) is 7.48. The Morgan fingerprint density at radius 3 is 2.36 bits per heavy atom. The summed E-state index contributed by atoms with van der Waals surface area (Å²) in [5.74, 6) is 1.82. The highest BCUT2D eigenvalue weighted by Gasteiger charge is 2.48. The number of ether oxygens (including phenoxy) is 1. The molecule has 5 rings (SSSR count). The third-order valence-corrected chi connectivity index (χ3v) is 7.97. The maximum Gasteiger partial charge on any atom is 0.323 e. The molecule has 0 aromatic carbocycles. The first-order valence-corrected chi connectivity index (χ1v) is 13.1. The normalized spacial score (nSPS) is 27.0. The molecule has 0 spiro atoms. The lowest BCUT2D eigenvalue weighted by molar-refractivity contribution is -0.146. The number of aliphatic carboxylic acids is 1. The number of aromatic nitrogens is 2. The monoisotopic (exact) mass is 500 g/mol. The Balaban J connectivity index is 1.52. The third-order valence-electron chi connectivity index (χ3n) is 7.97. The van der Waals surface area contributed by atoms with E-state index in [0.717, 1.165) is 11.8 Å². The fraction of sp³-hybridized carbons (Fsp3) is 0.704. The molecule has 198 valence electrons. The molecule has 2 amide bonds. The van der Waals surface area contributed by atoms with E-state index < -0.39 is 11.4 Å². The number of hydrogen-bond donors (Lipinski definition) is 2. The van der Waals surface area contributed by atoms with E-state index in [9.17, 15) is 14.4 Å². The lowest BCUT2D eigenvalue weighted by Gasteiger charge is -2.54. The number of nitrogens with zero attached hydrogens (tertiary/aromatic N) is 3. The lowest BCUT2D eigenvalue weighted by atomic mass is 9.54. The third kappa shape index (κ3) is 5.60. The van der Waals surface area contributed by atoms with Gasteiger partial charge in [0, 0.05) is 19.3 Å². The van der Waals surface area contributed by atoms with Crippen molar-refractivity contribution >= 4 is 24.0 Å². The van der Waals surface area contributed by atoms with Crippen LogP contribution in [0.4, 0.5) is 0 Å². The zero-order chi connectivity index (χ0) is 26.2. The van der Waals surface area contributed by atoms with Crippen LogP contribution in [0.2, 0.25) is 0 Å². The van der Waals surface area contributed by atoms with Crippen LogP contribution >= 0.6 is 0 Å². The van der Waals surface area contributed by atoms with Crippen molar-refractivity contribution in [1.29, 1.82) is 0 Å². The van der Waals surface area contributed by atoms with E-state index in [1.54, 1.807) is 26.1 Å². The van der Waals surface area contributed by atoms with Crippen LogP contribution in [0.3, 0.4) is 0 Å². The molecule has 36 heavy (non-hydrogen) atoms. The average molecular weight is 501 g/mol. The van der Waals surface area contributed by atoms with E-state index in [-0.39, 0.29) is 30.3 Å². The first kappa shape index (κ1) is 26.2. The summed E-state index contributed by atoms with van der Waals surface area (Å²) in [5.41, 5.74) is -0.588. The van der Waals surface area contributed by atoms with E-state index in [1.165, 1.54) is 54.9 Å². The van der Waals surface area contributed by atoms with Crippen LogP contribution in [0.25, 0.3) is 6.20 Å². The van der Waals surface area contributed by atoms with Crippen molar-refractivity contribution < 1.29 is 24.2 Å². The standard InChI is InChI=1S/C27H40N4O5/c1-16(2)15-36-25-21(24(34)29-23-19-9-17-8-18(11-19)12-20(23)10-17)13-28-31(25)7-6-27(3,4)26(35)30(5)14-22(32)33/h6-7,13,16-20,23H,8-12,14-15H2,1-5H3,(H,29,34)(H,32,33). The van der Waals surface area contributed by atoms with Crippen LogP contribution in [-0.2, 0) is 9.59 Å². The number of amides is 2.